The van der Waals surface area contributed by atoms with E-state index in [1.165, 1.54) is 11.3 Å². The second-order valence-corrected chi connectivity index (χ2v) is 5.24. The highest BCUT2D eigenvalue weighted by atomic mass is 35.5. The van der Waals surface area contributed by atoms with E-state index in [9.17, 15) is 4.79 Å². The van der Waals surface area contributed by atoms with Crippen molar-refractivity contribution in [3.8, 4) is 10.8 Å². The Labute approximate surface area is 140 Å². The molecule has 0 saturated carbocycles. The number of carbonyl (C=O) groups excluding carboxylic acids is 1. The molecule has 0 unspecified atom stereocenters. The van der Waals surface area contributed by atoms with E-state index in [1.807, 2.05) is 26.0 Å². The van der Waals surface area contributed by atoms with Gasteiger partial charge in [-0.1, -0.05) is 0 Å². The van der Waals surface area contributed by atoms with E-state index >= 15 is 0 Å². The first-order valence-corrected chi connectivity index (χ1v) is 6.96. The van der Waals surface area contributed by atoms with Crippen molar-refractivity contribution in [2.24, 2.45) is 5.73 Å². The predicted octanol–water partition coefficient (Wildman–Crippen LogP) is 2.94. The van der Waals surface area contributed by atoms with E-state index in [0.29, 0.717) is 23.7 Å². The van der Waals surface area contributed by atoms with Gasteiger partial charge >= 0.3 is 0 Å². The molecule has 3 N–H and O–H groups in total. The van der Waals surface area contributed by atoms with E-state index in [0.717, 1.165) is 22.9 Å². The van der Waals surface area contributed by atoms with Crippen LogP contribution in [-0.4, -0.2) is 24.0 Å². The maximum Gasteiger partial charge on any atom is 0.263 e. The fourth-order valence-corrected chi connectivity index (χ4v) is 2.59. The Morgan fingerprint density at radius 2 is 2.10 bits per heavy atom. The standard InChI is InChI=1S/C13H17N3O2S.2ClH/c1-8-4-5-10(18-8)13-16-9(2)11(19-13)12(17)15-7-3-6-14;;/h4-5H,3,6-7,14H2,1-2H3,(H,15,17);2*1H. The number of carbonyl (C=O) groups is 1. The second kappa shape index (κ2) is 9.04. The number of hydrogen-bond acceptors (Lipinski definition) is 5. The summed E-state index contributed by atoms with van der Waals surface area (Å²) in [6.07, 6.45) is 0.772. The minimum absolute atomic E-state index is 0. The summed E-state index contributed by atoms with van der Waals surface area (Å²) in [5, 5.41) is 3.56. The lowest BCUT2D eigenvalue weighted by atomic mass is 10.3. The number of nitrogens with zero attached hydrogens (tertiary/aromatic N) is 1. The number of nitrogens with one attached hydrogen (secondary N) is 1. The van der Waals surface area contributed by atoms with Gasteiger partial charge in [-0.2, -0.15) is 0 Å². The highest BCUT2D eigenvalue weighted by Crippen LogP contribution is 2.29. The van der Waals surface area contributed by atoms with Gasteiger partial charge in [-0.05, 0) is 38.9 Å². The van der Waals surface area contributed by atoms with Crippen LogP contribution in [0.3, 0.4) is 0 Å². The first-order valence-electron chi connectivity index (χ1n) is 6.14. The van der Waals surface area contributed by atoms with Crippen LogP contribution in [0.15, 0.2) is 16.5 Å². The Balaban J connectivity index is 0.00000200. The molecular formula is C13H19Cl2N3O2S. The van der Waals surface area contributed by atoms with Crippen LogP contribution >= 0.6 is 36.2 Å². The maximum atomic E-state index is 12.0. The van der Waals surface area contributed by atoms with Gasteiger partial charge in [0, 0.05) is 6.54 Å². The van der Waals surface area contributed by atoms with Gasteiger partial charge in [-0.15, -0.1) is 36.2 Å². The van der Waals surface area contributed by atoms with Crippen molar-refractivity contribution in [1.82, 2.24) is 10.3 Å². The van der Waals surface area contributed by atoms with Crippen molar-refractivity contribution in [3.05, 3.63) is 28.5 Å². The first-order chi connectivity index (χ1) is 9.11. The highest BCUT2D eigenvalue weighted by molar-refractivity contribution is 7.17. The minimum Gasteiger partial charge on any atom is -0.459 e. The molecule has 0 saturated heterocycles. The summed E-state index contributed by atoms with van der Waals surface area (Å²) in [7, 11) is 0. The second-order valence-electron chi connectivity index (χ2n) is 4.24. The average Bonchev–Trinajstić information content (AvgIpc) is 2.95. The van der Waals surface area contributed by atoms with Crippen LogP contribution < -0.4 is 11.1 Å². The summed E-state index contributed by atoms with van der Waals surface area (Å²) in [6.45, 7) is 4.86. The van der Waals surface area contributed by atoms with Gasteiger partial charge in [0.15, 0.2) is 10.8 Å². The Morgan fingerprint density at radius 1 is 1.38 bits per heavy atom. The molecule has 2 rings (SSSR count). The molecule has 0 aliphatic rings. The zero-order chi connectivity index (χ0) is 13.8. The van der Waals surface area contributed by atoms with Crippen molar-refractivity contribution >= 4 is 42.1 Å². The number of thiazole rings is 1. The molecule has 2 aromatic rings. The van der Waals surface area contributed by atoms with Crippen LogP contribution in [0.2, 0.25) is 0 Å². The van der Waals surface area contributed by atoms with Crippen LogP contribution in [0.25, 0.3) is 10.8 Å². The number of aromatic nitrogens is 1. The molecule has 0 aliphatic carbocycles. The Hall–Kier alpha value is -1.08. The lowest BCUT2D eigenvalue weighted by molar-refractivity contribution is 0.0956. The molecule has 0 spiro atoms. The smallest absolute Gasteiger partial charge is 0.263 e. The van der Waals surface area contributed by atoms with Crippen LogP contribution in [0.1, 0.15) is 27.5 Å². The van der Waals surface area contributed by atoms with E-state index in [4.69, 9.17) is 10.2 Å². The molecule has 0 bridgehead atoms. The number of furan rings is 1. The van der Waals surface area contributed by atoms with E-state index in [2.05, 4.69) is 10.3 Å². The van der Waals surface area contributed by atoms with Crippen LogP contribution in [0.4, 0.5) is 0 Å². The monoisotopic (exact) mass is 351 g/mol. The van der Waals surface area contributed by atoms with Crippen molar-refractivity contribution in [2.75, 3.05) is 13.1 Å². The summed E-state index contributed by atoms with van der Waals surface area (Å²) in [6, 6.07) is 3.75. The maximum absolute atomic E-state index is 12.0. The van der Waals surface area contributed by atoms with Crippen LogP contribution in [0.5, 0.6) is 0 Å². The molecule has 21 heavy (non-hydrogen) atoms. The molecule has 2 heterocycles. The number of aryl methyl sites for hydroxylation is 2. The van der Waals surface area contributed by atoms with Crippen LogP contribution in [-0.2, 0) is 0 Å². The molecule has 0 radical (unpaired) electrons. The highest BCUT2D eigenvalue weighted by Gasteiger charge is 2.17. The molecule has 1 amide bonds. The Kier molecular flexibility index (Phi) is 8.58. The molecule has 118 valence electrons. The zero-order valence-electron chi connectivity index (χ0n) is 11.8. The quantitative estimate of drug-likeness (QED) is 0.811. The molecule has 0 aromatic carbocycles. The van der Waals surface area contributed by atoms with Crippen molar-refractivity contribution in [1.29, 1.82) is 0 Å². The molecule has 0 fully saturated rings. The van der Waals surface area contributed by atoms with Gasteiger partial charge in [0.1, 0.15) is 10.6 Å². The Bertz CT molecular complexity index is 584. The lowest BCUT2D eigenvalue weighted by Gasteiger charge is -2.01. The molecule has 2 aromatic heterocycles. The minimum atomic E-state index is -0.0991. The topological polar surface area (TPSA) is 81.2 Å². The van der Waals surface area contributed by atoms with E-state index in [1.54, 1.807) is 0 Å². The molecule has 0 aliphatic heterocycles. The molecular weight excluding hydrogens is 333 g/mol. The number of nitrogens with two attached hydrogens (primary N) is 1. The summed E-state index contributed by atoms with van der Waals surface area (Å²) >= 11 is 1.34. The first kappa shape index (κ1) is 19.9. The third-order valence-electron chi connectivity index (χ3n) is 2.62. The molecule has 0 atom stereocenters. The van der Waals surface area contributed by atoms with E-state index in [-0.39, 0.29) is 30.7 Å². The SMILES string of the molecule is Cc1ccc(-c2nc(C)c(C(=O)NCCCN)s2)o1.Cl.Cl. The number of hydrogen-bond donors (Lipinski definition) is 2. The van der Waals surface area contributed by atoms with Gasteiger partial charge in [0.25, 0.3) is 5.91 Å². The molecule has 5 nitrogen and oxygen atoms in total. The fourth-order valence-electron chi connectivity index (χ4n) is 1.65. The summed E-state index contributed by atoms with van der Waals surface area (Å²) < 4.78 is 5.52. The van der Waals surface area contributed by atoms with Crippen molar-refractivity contribution in [3.63, 3.8) is 0 Å². The lowest BCUT2D eigenvalue weighted by Crippen LogP contribution is -2.25. The summed E-state index contributed by atoms with van der Waals surface area (Å²) in [5.74, 6) is 1.43. The third-order valence-corrected chi connectivity index (χ3v) is 3.79. The molecule has 8 heteroatoms. The largest absolute Gasteiger partial charge is 0.459 e. The van der Waals surface area contributed by atoms with E-state index < -0.39 is 0 Å². The summed E-state index contributed by atoms with van der Waals surface area (Å²) in [5.41, 5.74) is 6.11. The van der Waals surface area contributed by atoms with Gasteiger partial charge in [0.05, 0.1) is 5.69 Å². The predicted molar refractivity (Wildman–Crippen MR) is 89.8 cm³/mol. The van der Waals surface area contributed by atoms with Gasteiger partial charge < -0.3 is 15.5 Å². The number of rotatable bonds is 5. The Morgan fingerprint density at radius 3 is 2.67 bits per heavy atom. The number of halogens is 2. The number of amides is 1. The fraction of sp³-hybridized carbons (Fsp3) is 0.385. The van der Waals surface area contributed by atoms with Gasteiger partial charge in [-0.25, -0.2) is 4.98 Å². The summed E-state index contributed by atoms with van der Waals surface area (Å²) in [4.78, 5) is 17.0. The third kappa shape index (κ3) is 5.00. The van der Waals surface area contributed by atoms with Crippen molar-refractivity contribution < 1.29 is 9.21 Å². The van der Waals surface area contributed by atoms with Crippen molar-refractivity contribution in [2.45, 2.75) is 20.3 Å². The van der Waals surface area contributed by atoms with Gasteiger partial charge in [-0.3, -0.25) is 4.79 Å². The zero-order valence-corrected chi connectivity index (χ0v) is 14.3. The normalized spacial score (nSPS) is 9.67. The van der Waals surface area contributed by atoms with Crippen LogP contribution in [0, 0.1) is 13.8 Å². The average molecular weight is 352 g/mol. The van der Waals surface area contributed by atoms with Gasteiger partial charge in [0.2, 0.25) is 0 Å².